The topological polar surface area (TPSA) is 69.0 Å². The Morgan fingerprint density at radius 3 is 2.83 bits per heavy atom. The summed E-state index contributed by atoms with van der Waals surface area (Å²) < 4.78 is 8.11. The van der Waals surface area contributed by atoms with Gasteiger partial charge in [-0.25, -0.2) is 4.98 Å². The van der Waals surface area contributed by atoms with Crippen LogP contribution in [-0.2, 0) is 11.8 Å². The molecule has 2 heterocycles. The Balaban J connectivity index is 1.65. The van der Waals surface area contributed by atoms with Crippen molar-refractivity contribution < 1.29 is 9.53 Å². The second-order valence-electron chi connectivity index (χ2n) is 5.09. The number of ether oxygens (including phenoxy) is 1. The van der Waals surface area contributed by atoms with Crippen LogP contribution in [0.15, 0.2) is 41.0 Å². The predicted molar refractivity (Wildman–Crippen MR) is 91.5 cm³/mol. The fourth-order valence-electron chi connectivity index (χ4n) is 2.25. The molecule has 23 heavy (non-hydrogen) atoms. The maximum absolute atomic E-state index is 12.0. The summed E-state index contributed by atoms with van der Waals surface area (Å²) in [6, 6.07) is 9.17. The summed E-state index contributed by atoms with van der Waals surface area (Å²) in [4.78, 5) is 16.3. The average Bonchev–Trinajstić information content (AvgIpc) is 2.81. The molecule has 0 aliphatic rings. The molecule has 0 saturated carbocycles. The number of aromatic nitrogens is 3. The maximum atomic E-state index is 12.0. The van der Waals surface area contributed by atoms with Crippen molar-refractivity contribution >= 4 is 38.6 Å². The lowest BCUT2D eigenvalue weighted by molar-refractivity contribution is -0.118. The van der Waals surface area contributed by atoms with Gasteiger partial charge in [0.2, 0.25) is 0 Å². The summed E-state index contributed by atoms with van der Waals surface area (Å²) in [7, 11) is 1.84. The highest BCUT2D eigenvalue weighted by Gasteiger charge is 2.09. The Morgan fingerprint density at radius 1 is 1.35 bits per heavy atom. The number of hydrogen-bond acceptors (Lipinski definition) is 4. The van der Waals surface area contributed by atoms with E-state index in [1.54, 1.807) is 23.0 Å². The molecule has 0 radical (unpaired) electrons. The Labute approximate surface area is 141 Å². The van der Waals surface area contributed by atoms with Crippen molar-refractivity contribution in [2.24, 2.45) is 7.05 Å². The highest BCUT2D eigenvalue weighted by molar-refractivity contribution is 9.10. The molecule has 1 N–H and O–H groups in total. The van der Waals surface area contributed by atoms with Gasteiger partial charge in [-0.15, -0.1) is 0 Å². The first-order valence-corrected chi connectivity index (χ1v) is 7.80. The molecular formula is C16H15BrN4O2. The molecule has 0 saturated heterocycles. The third kappa shape index (κ3) is 3.50. The Hall–Kier alpha value is -2.41. The minimum atomic E-state index is -0.240. The Morgan fingerprint density at radius 2 is 2.09 bits per heavy atom. The number of rotatable bonds is 4. The summed E-state index contributed by atoms with van der Waals surface area (Å²) >= 11 is 3.35. The first kappa shape index (κ1) is 15.5. The van der Waals surface area contributed by atoms with Crippen molar-refractivity contribution in [3.8, 4) is 5.75 Å². The number of nitrogens with zero attached hydrogens (tertiary/aromatic N) is 3. The molecule has 1 aromatic carbocycles. The minimum absolute atomic E-state index is 0.0638. The van der Waals surface area contributed by atoms with Crippen molar-refractivity contribution in [3.05, 3.63) is 46.7 Å². The molecule has 0 unspecified atom stereocenters. The number of amides is 1. The van der Waals surface area contributed by atoms with Crippen LogP contribution in [0.2, 0.25) is 0 Å². The van der Waals surface area contributed by atoms with Crippen LogP contribution in [0.1, 0.15) is 5.69 Å². The molecule has 7 heteroatoms. The number of anilines is 1. The van der Waals surface area contributed by atoms with Crippen LogP contribution in [0.4, 0.5) is 5.69 Å². The molecular weight excluding hydrogens is 360 g/mol. The predicted octanol–water partition coefficient (Wildman–Crippen LogP) is 3.06. The monoisotopic (exact) mass is 374 g/mol. The lowest BCUT2D eigenvalue weighted by atomic mass is 10.2. The van der Waals surface area contributed by atoms with Gasteiger partial charge in [0.1, 0.15) is 5.75 Å². The molecule has 118 valence electrons. The van der Waals surface area contributed by atoms with Crippen molar-refractivity contribution in [2.45, 2.75) is 6.92 Å². The molecule has 0 fully saturated rings. The van der Waals surface area contributed by atoms with Gasteiger partial charge in [0, 0.05) is 16.9 Å². The molecule has 2 aromatic heterocycles. The number of carbonyl (C=O) groups is 1. The van der Waals surface area contributed by atoms with Gasteiger partial charge < -0.3 is 10.1 Å². The van der Waals surface area contributed by atoms with E-state index in [0.29, 0.717) is 11.4 Å². The zero-order chi connectivity index (χ0) is 16.4. The number of pyridine rings is 1. The second-order valence-corrected chi connectivity index (χ2v) is 6.01. The van der Waals surface area contributed by atoms with Gasteiger partial charge in [-0.05, 0) is 37.3 Å². The minimum Gasteiger partial charge on any atom is -0.484 e. The van der Waals surface area contributed by atoms with Crippen LogP contribution in [0.5, 0.6) is 5.75 Å². The third-order valence-electron chi connectivity index (χ3n) is 3.33. The van der Waals surface area contributed by atoms with Crippen LogP contribution in [0, 0.1) is 6.92 Å². The van der Waals surface area contributed by atoms with E-state index in [4.69, 9.17) is 4.74 Å². The average molecular weight is 375 g/mol. The van der Waals surface area contributed by atoms with E-state index < -0.39 is 0 Å². The lowest BCUT2D eigenvalue weighted by Crippen LogP contribution is -2.20. The first-order chi connectivity index (χ1) is 11.0. The fourth-order valence-corrected chi connectivity index (χ4v) is 2.52. The lowest BCUT2D eigenvalue weighted by Gasteiger charge is -2.07. The largest absolute Gasteiger partial charge is 0.484 e. The molecule has 0 aliphatic carbocycles. The molecule has 1 amide bonds. The second kappa shape index (κ2) is 6.37. The van der Waals surface area contributed by atoms with Gasteiger partial charge >= 0.3 is 0 Å². The van der Waals surface area contributed by atoms with Crippen molar-refractivity contribution in [3.63, 3.8) is 0 Å². The maximum Gasteiger partial charge on any atom is 0.262 e. The summed E-state index contributed by atoms with van der Waals surface area (Å²) in [6.45, 7) is 1.85. The molecule has 0 aliphatic heterocycles. The molecule has 0 spiro atoms. The van der Waals surface area contributed by atoms with Crippen LogP contribution < -0.4 is 10.1 Å². The van der Waals surface area contributed by atoms with Gasteiger partial charge in [0.05, 0.1) is 17.6 Å². The van der Waals surface area contributed by atoms with Gasteiger partial charge in [-0.1, -0.05) is 15.9 Å². The fraction of sp³-hybridized carbons (Fsp3) is 0.188. The third-order valence-corrected chi connectivity index (χ3v) is 3.86. The number of carbonyl (C=O) groups excluding carboxylic acids is 1. The SMILES string of the molecule is Cc1nn(C)c2ncc(NC(=O)COc3ccc(Br)cc3)cc12. The van der Waals surface area contributed by atoms with Gasteiger partial charge in [0.25, 0.3) is 5.91 Å². The van der Waals surface area contributed by atoms with Crippen LogP contribution in [-0.4, -0.2) is 27.3 Å². The molecule has 6 nitrogen and oxygen atoms in total. The van der Waals surface area contributed by atoms with Crippen LogP contribution in [0.25, 0.3) is 11.0 Å². The number of benzene rings is 1. The van der Waals surface area contributed by atoms with Crippen molar-refractivity contribution in [1.29, 1.82) is 0 Å². The Bertz CT molecular complexity index is 858. The normalized spacial score (nSPS) is 10.7. The molecule has 0 atom stereocenters. The molecule has 3 rings (SSSR count). The zero-order valence-corrected chi connectivity index (χ0v) is 14.3. The highest BCUT2D eigenvalue weighted by atomic mass is 79.9. The van der Waals surface area contributed by atoms with Gasteiger partial charge in [-0.3, -0.25) is 9.48 Å². The van der Waals surface area contributed by atoms with Crippen molar-refractivity contribution in [1.82, 2.24) is 14.8 Å². The first-order valence-electron chi connectivity index (χ1n) is 7.00. The Kier molecular flexibility index (Phi) is 4.29. The molecule has 0 bridgehead atoms. The highest BCUT2D eigenvalue weighted by Crippen LogP contribution is 2.19. The summed E-state index contributed by atoms with van der Waals surface area (Å²) in [5.41, 5.74) is 2.28. The van der Waals surface area contributed by atoms with E-state index in [2.05, 4.69) is 31.3 Å². The smallest absolute Gasteiger partial charge is 0.262 e. The van der Waals surface area contributed by atoms with E-state index in [0.717, 1.165) is 21.2 Å². The number of hydrogen-bond donors (Lipinski definition) is 1. The number of halogens is 1. The number of aryl methyl sites for hydroxylation is 2. The van der Waals surface area contributed by atoms with Crippen LogP contribution in [0.3, 0.4) is 0 Å². The zero-order valence-electron chi connectivity index (χ0n) is 12.7. The van der Waals surface area contributed by atoms with Gasteiger partial charge in [0.15, 0.2) is 12.3 Å². The summed E-state index contributed by atoms with van der Waals surface area (Å²) in [6.07, 6.45) is 1.61. The number of fused-ring (bicyclic) bond motifs is 1. The van der Waals surface area contributed by atoms with Gasteiger partial charge in [-0.2, -0.15) is 5.10 Å². The van der Waals surface area contributed by atoms with Crippen molar-refractivity contribution in [2.75, 3.05) is 11.9 Å². The van der Waals surface area contributed by atoms with E-state index in [-0.39, 0.29) is 12.5 Å². The standard InChI is InChI=1S/C16H15BrN4O2/c1-10-14-7-12(8-18-16(14)21(2)20-10)19-15(22)9-23-13-5-3-11(17)4-6-13/h3-8H,9H2,1-2H3,(H,19,22). The van der Waals surface area contributed by atoms with E-state index in [1.807, 2.05) is 32.2 Å². The van der Waals surface area contributed by atoms with E-state index in [9.17, 15) is 4.79 Å². The summed E-state index contributed by atoms with van der Waals surface area (Å²) in [5.74, 6) is 0.399. The molecule has 3 aromatic rings. The van der Waals surface area contributed by atoms with E-state index >= 15 is 0 Å². The quantitative estimate of drug-likeness (QED) is 0.761. The van der Waals surface area contributed by atoms with E-state index in [1.165, 1.54) is 0 Å². The van der Waals surface area contributed by atoms with Crippen LogP contribution >= 0.6 is 15.9 Å². The summed E-state index contributed by atoms with van der Waals surface area (Å²) in [5, 5.41) is 8.00. The number of nitrogens with one attached hydrogen (secondary N) is 1.